The van der Waals surface area contributed by atoms with Crippen LogP contribution in [0.25, 0.3) is 10.9 Å². The first-order chi connectivity index (χ1) is 10.1. The molecule has 3 aromatic rings. The molecular weight excluding hydrogens is 362 g/mol. The van der Waals surface area contributed by atoms with Crippen molar-refractivity contribution in [3.63, 3.8) is 0 Å². The number of benzene rings is 2. The number of aromatic nitrogens is 1. The quantitative estimate of drug-likeness (QED) is 0.587. The predicted octanol–water partition coefficient (Wildman–Crippen LogP) is 5.47. The van der Waals surface area contributed by atoms with Crippen LogP contribution >= 0.6 is 27.5 Å². The zero-order chi connectivity index (χ0) is 15.0. The van der Waals surface area contributed by atoms with E-state index in [-0.39, 0.29) is 16.7 Å². The van der Waals surface area contributed by atoms with Crippen LogP contribution in [0.1, 0.15) is 5.69 Å². The van der Waals surface area contributed by atoms with Gasteiger partial charge in [0.05, 0.1) is 27.4 Å². The first kappa shape index (κ1) is 14.4. The predicted molar refractivity (Wildman–Crippen MR) is 84.7 cm³/mol. The Kier molecular flexibility index (Phi) is 3.87. The number of anilines is 1. The minimum absolute atomic E-state index is 0.0884. The van der Waals surface area contributed by atoms with E-state index >= 15 is 0 Å². The van der Waals surface area contributed by atoms with Crippen LogP contribution in [-0.2, 0) is 6.54 Å². The number of fused-ring (bicyclic) bond motifs is 1. The fraction of sp³-hybridized carbons (Fsp3) is 0.0667. The van der Waals surface area contributed by atoms with Gasteiger partial charge in [0.25, 0.3) is 0 Å². The van der Waals surface area contributed by atoms with Crippen molar-refractivity contribution in [2.24, 2.45) is 0 Å². The summed E-state index contributed by atoms with van der Waals surface area (Å²) in [5.41, 5.74) is 1.72. The molecule has 0 aliphatic rings. The van der Waals surface area contributed by atoms with E-state index in [1.807, 2.05) is 24.3 Å². The van der Waals surface area contributed by atoms with Gasteiger partial charge < -0.3 is 10.3 Å². The first-order valence-electron chi connectivity index (χ1n) is 6.20. The summed E-state index contributed by atoms with van der Waals surface area (Å²) >= 11 is 9.21. The number of H-pyrrole nitrogens is 1. The summed E-state index contributed by atoms with van der Waals surface area (Å²) in [4.78, 5) is 3.16. The molecule has 0 fully saturated rings. The van der Waals surface area contributed by atoms with Crippen LogP contribution < -0.4 is 5.32 Å². The van der Waals surface area contributed by atoms with Gasteiger partial charge in [-0.1, -0.05) is 29.8 Å². The van der Waals surface area contributed by atoms with Gasteiger partial charge in [0.2, 0.25) is 0 Å². The van der Waals surface area contributed by atoms with Crippen LogP contribution in [0.15, 0.2) is 40.9 Å². The highest BCUT2D eigenvalue weighted by molar-refractivity contribution is 9.10. The van der Waals surface area contributed by atoms with Gasteiger partial charge in [-0.3, -0.25) is 0 Å². The van der Waals surface area contributed by atoms with E-state index in [9.17, 15) is 8.78 Å². The van der Waals surface area contributed by atoms with Crippen LogP contribution in [0.3, 0.4) is 0 Å². The van der Waals surface area contributed by atoms with Crippen molar-refractivity contribution in [1.82, 2.24) is 4.98 Å². The van der Waals surface area contributed by atoms with Crippen molar-refractivity contribution in [2.45, 2.75) is 6.54 Å². The summed E-state index contributed by atoms with van der Waals surface area (Å²) in [6, 6.07) is 9.79. The zero-order valence-corrected chi connectivity index (χ0v) is 13.0. The largest absolute Gasteiger partial charge is 0.377 e. The normalized spacial score (nSPS) is 11.0. The van der Waals surface area contributed by atoms with Gasteiger partial charge in [-0.05, 0) is 28.1 Å². The number of para-hydroxylation sites is 1. The molecule has 2 N–H and O–H groups in total. The molecule has 0 unspecified atom stereocenters. The van der Waals surface area contributed by atoms with Gasteiger partial charge in [-0.2, -0.15) is 0 Å². The number of halogens is 4. The third kappa shape index (κ3) is 2.76. The van der Waals surface area contributed by atoms with Crippen molar-refractivity contribution >= 4 is 44.1 Å². The molecule has 6 heteroatoms. The van der Waals surface area contributed by atoms with E-state index in [0.717, 1.165) is 28.7 Å². The molecule has 0 saturated heterocycles. The maximum Gasteiger partial charge on any atom is 0.147 e. The Balaban J connectivity index is 1.87. The Morgan fingerprint density at radius 3 is 2.67 bits per heavy atom. The van der Waals surface area contributed by atoms with E-state index in [0.29, 0.717) is 5.02 Å². The molecule has 2 nitrogen and oxygen atoms in total. The van der Waals surface area contributed by atoms with E-state index in [1.165, 1.54) is 0 Å². The van der Waals surface area contributed by atoms with Crippen molar-refractivity contribution in [1.29, 1.82) is 0 Å². The molecule has 0 aliphatic heterocycles. The molecule has 0 saturated carbocycles. The lowest BCUT2D eigenvalue weighted by atomic mass is 10.2. The van der Waals surface area contributed by atoms with Crippen molar-refractivity contribution < 1.29 is 8.78 Å². The van der Waals surface area contributed by atoms with Gasteiger partial charge in [-0.25, -0.2) is 8.78 Å². The second-order valence-electron chi connectivity index (χ2n) is 4.56. The fourth-order valence-electron chi connectivity index (χ4n) is 2.13. The van der Waals surface area contributed by atoms with Crippen molar-refractivity contribution in [3.05, 3.63) is 63.2 Å². The second-order valence-corrected chi connectivity index (χ2v) is 5.80. The lowest BCUT2D eigenvalue weighted by Gasteiger charge is -2.08. The van der Waals surface area contributed by atoms with Crippen LogP contribution in [0.2, 0.25) is 5.02 Å². The maximum absolute atomic E-state index is 13.7. The Bertz CT molecular complexity index is 817. The average Bonchev–Trinajstić information content (AvgIpc) is 2.79. The van der Waals surface area contributed by atoms with Crippen LogP contribution in [0.4, 0.5) is 14.5 Å². The summed E-state index contributed by atoms with van der Waals surface area (Å²) in [5, 5.41) is 4.33. The molecule has 0 amide bonds. The molecule has 21 heavy (non-hydrogen) atoms. The Morgan fingerprint density at radius 1 is 1.14 bits per heavy atom. The summed E-state index contributed by atoms with van der Waals surface area (Å²) in [5.74, 6) is -1.06. The molecule has 1 heterocycles. The van der Waals surface area contributed by atoms with Crippen molar-refractivity contribution in [3.8, 4) is 0 Å². The number of rotatable bonds is 3. The van der Waals surface area contributed by atoms with E-state index in [4.69, 9.17) is 11.6 Å². The lowest BCUT2D eigenvalue weighted by molar-refractivity contribution is 0.596. The average molecular weight is 372 g/mol. The fourth-order valence-corrected chi connectivity index (χ4v) is 2.72. The summed E-state index contributed by atoms with van der Waals surface area (Å²) in [6.07, 6.45) is 0. The molecular formula is C15H10BrClF2N2. The highest BCUT2D eigenvalue weighted by atomic mass is 79.9. The van der Waals surface area contributed by atoms with E-state index < -0.39 is 11.6 Å². The molecule has 0 radical (unpaired) electrons. The van der Waals surface area contributed by atoms with Crippen LogP contribution in [0, 0.1) is 11.6 Å². The number of nitrogens with one attached hydrogen (secondary N) is 2. The minimum Gasteiger partial charge on any atom is -0.377 e. The number of hydrogen-bond acceptors (Lipinski definition) is 1. The molecule has 0 aliphatic carbocycles. The minimum atomic E-state index is -0.532. The summed E-state index contributed by atoms with van der Waals surface area (Å²) < 4.78 is 27.3. The Labute approximate surface area is 133 Å². The van der Waals surface area contributed by atoms with Gasteiger partial charge in [0.15, 0.2) is 0 Å². The monoisotopic (exact) mass is 370 g/mol. The molecule has 0 atom stereocenters. The highest BCUT2D eigenvalue weighted by Crippen LogP contribution is 2.29. The SMILES string of the molecule is Fc1cc(NCc2[nH]c3ccccc3c2Cl)c(F)cc1Br. The van der Waals surface area contributed by atoms with Crippen LogP contribution in [0.5, 0.6) is 0 Å². The maximum atomic E-state index is 13.7. The summed E-state index contributed by atoms with van der Waals surface area (Å²) in [7, 11) is 0. The van der Waals surface area contributed by atoms with Gasteiger partial charge >= 0.3 is 0 Å². The smallest absolute Gasteiger partial charge is 0.147 e. The van der Waals surface area contributed by atoms with Crippen molar-refractivity contribution in [2.75, 3.05) is 5.32 Å². The third-order valence-electron chi connectivity index (χ3n) is 3.18. The first-order valence-corrected chi connectivity index (χ1v) is 7.37. The zero-order valence-electron chi connectivity index (χ0n) is 10.7. The standard InChI is InChI=1S/C15H10BrClF2N2/c16-9-5-11(19)13(6-10(9)18)20-7-14-15(17)8-3-1-2-4-12(8)21-14/h1-6,20-21H,7H2. The Hall–Kier alpha value is -1.59. The molecule has 1 aromatic heterocycles. The number of aromatic amines is 1. The van der Waals surface area contributed by atoms with Gasteiger partial charge in [0, 0.05) is 17.0 Å². The highest BCUT2D eigenvalue weighted by Gasteiger charge is 2.11. The summed E-state index contributed by atoms with van der Waals surface area (Å²) in [6.45, 7) is 0.269. The second kappa shape index (κ2) is 5.66. The van der Waals surface area contributed by atoms with Gasteiger partial charge in [-0.15, -0.1) is 0 Å². The van der Waals surface area contributed by atoms with Crippen LogP contribution in [-0.4, -0.2) is 4.98 Å². The van der Waals surface area contributed by atoms with E-state index in [2.05, 4.69) is 26.2 Å². The van der Waals surface area contributed by atoms with Gasteiger partial charge in [0.1, 0.15) is 11.6 Å². The topological polar surface area (TPSA) is 27.8 Å². The molecule has 3 rings (SSSR count). The number of hydrogen-bond donors (Lipinski definition) is 2. The molecule has 0 bridgehead atoms. The molecule has 0 spiro atoms. The molecule has 2 aromatic carbocycles. The van der Waals surface area contributed by atoms with E-state index in [1.54, 1.807) is 0 Å². The molecule has 108 valence electrons. The Morgan fingerprint density at radius 2 is 1.90 bits per heavy atom. The third-order valence-corrected chi connectivity index (χ3v) is 4.22. The lowest BCUT2D eigenvalue weighted by Crippen LogP contribution is -2.03.